The van der Waals surface area contributed by atoms with Crippen LogP contribution in [-0.2, 0) is 14.9 Å². The zero-order valence-corrected chi connectivity index (χ0v) is 23.7. The molecular weight excluding hydrogens is 535 g/mol. The molecule has 0 spiro atoms. The number of ether oxygens (including phenoxy) is 1. The second-order valence-electron chi connectivity index (χ2n) is 13.0. The molecule has 0 radical (unpaired) electrons. The maximum absolute atomic E-state index is 14.2. The minimum Gasteiger partial charge on any atom is -0.436 e. The lowest BCUT2D eigenvalue weighted by molar-refractivity contribution is -0.127. The van der Waals surface area contributed by atoms with Gasteiger partial charge in [-0.2, -0.15) is 4.98 Å². The molecule has 9 rings (SSSR count). The molecule has 1 amide bonds. The van der Waals surface area contributed by atoms with Crippen LogP contribution in [-0.4, -0.2) is 40.8 Å². The molecule has 1 unspecified atom stereocenters. The molecule has 5 aliphatic rings. The minimum atomic E-state index is -0.353. The van der Waals surface area contributed by atoms with Crippen LogP contribution in [0, 0.1) is 17.2 Å². The van der Waals surface area contributed by atoms with Gasteiger partial charge in [0.15, 0.2) is 11.4 Å². The third kappa shape index (κ3) is 4.62. The van der Waals surface area contributed by atoms with Gasteiger partial charge < -0.3 is 18.6 Å². The van der Waals surface area contributed by atoms with Gasteiger partial charge in [-0.15, -0.1) is 0 Å². The van der Waals surface area contributed by atoms with Crippen LogP contribution in [0.15, 0.2) is 51.4 Å². The van der Waals surface area contributed by atoms with Crippen LogP contribution < -0.4 is 4.90 Å². The lowest BCUT2D eigenvalue weighted by atomic mass is 9.53. The Balaban J connectivity index is 1.08. The van der Waals surface area contributed by atoms with Crippen LogP contribution in [0.3, 0.4) is 0 Å². The second-order valence-corrected chi connectivity index (χ2v) is 13.0. The van der Waals surface area contributed by atoms with Crippen LogP contribution in [0.2, 0.25) is 0 Å². The summed E-state index contributed by atoms with van der Waals surface area (Å²) in [6.07, 6.45) is 10.1. The molecule has 1 saturated heterocycles. The lowest BCUT2D eigenvalue weighted by Crippen LogP contribution is -2.52. The molecule has 42 heavy (non-hydrogen) atoms. The molecular formula is C33H35FN4O4. The van der Waals surface area contributed by atoms with E-state index >= 15 is 0 Å². The fourth-order valence-electron chi connectivity index (χ4n) is 7.40. The minimum absolute atomic E-state index is 0.0275. The van der Waals surface area contributed by atoms with E-state index in [1.807, 2.05) is 29.2 Å². The van der Waals surface area contributed by atoms with Crippen molar-refractivity contribution < 1.29 is 22.9 Å². The highest BCUT2D eigenvalue weighted by atomic mass is 19.1. The number of oxazole rings is 1. The highest BCUT2D eigenvalue weighted by molar-refractivity contribution is 5.96. The normalized spacial score (nSPS) is 27.4. The number of rotatable bonds is 7. The molecule has 5 fully saturated rings. The zero-order chi connectivity index (χ0) is 28.3. The summed E-state index contributed by atoms with van der Waals surface area (Å²) < 4.78 is 31.3. The van der Waals surface area contributed by atoms with Crippen LogP contribution in [0.4, 0.5) is 10.1 Å². The molecule has 2 aromatic heterocycles. The van der Waals surface area contributed by atoms with E-state index in [9.17, 15) is 9.18 Å². The topological polar surface area (TPSA) is 94.5 Å². The molecule has 218 valence electrons. The van der Waals surface area contributed by atoms with Gasteiger partial charge in [0, 0.05) is 41.8 Å². The number of hydrogen-bond acceptors (Lipinski definition) is 7. The van der Waals surface area contributed by atoms with E-state index in [2.05, 4.69) is 10.1 Å². The number of anilines is 1. The highest BCUT2D eigenvalue weighted by Gasteiger charge is 2.53. The van der Waals surface area contributed by atoms with Crippen LogP contribution in [0.5, 0.6) is 0 Å². The first kappa shape index (κ1) is 26.1. The Kier molecular flexibility index (Phi) is 6.21. The van der Waals surface area contributed by atoms with Crippen molar-refractivity contribution in [3.63, 3.8) is 0 Å². The standard InChI is InChI=1S/C33H35FN4O4/c34-24-8-9-27-26(18-24)35-29(41-27)22-3-1-5-25(17-22)38(30(39)23-4-2-16-40-19-23)20-32-10-13-33(14-11-32,15-12-32)31-36-28(37-42-31)21-6-7-21/h1,3,5,8-9,17-18,21,23H,2,4,6-7,10-16,19-20H2. The molecule has 9 heteroatoms. The van der Waals surface area contributed by atoms with Gasteiger partial charge in [-0.3, -0.25) is 4.79 Å². The van der Waals surface area contributed by atoms with E-state index in [0.29, 0.717) is 42.7 Å². The first-order valence-electron chi connectivity index (χ1n) is 15.4. The second kappa shape index (κ2) is 10.0. The predicted octanol–water partition coefficient (Wildman–Crippen LogP) is 6.95. The fraction of sp³-hybridized carbons (Fsp3) is 0.515. The number of nitrogens with zero attached hydrogens (tertiary/aromatic N) is 4. The van der Waals surface area contributed by atoms with E-state index in [-0.39, 0.29) is 28.5 Å². The molecule has 3 heterocycles. The highest BCUT2D eigenvalue weighted by Crippen LogP contribution is 2.58. The van der Waals surface area contributed by atoms with Gasteiger partial charge in [-0.25, -0.2) is 9.37 Å². The van der Waals surface area contributed by atoms with E-state index in [1.54, 1.807) is 6.07 Å². The zero-order valence-electron chi connectivity index (χ0n) is 23.7. The number of aromatic nitrogens is 3. The molecule has 4 aromatic rings. The Morgan fingerprint density at radius 3 is 2.60 bits per heavy atom. The number of carbonyl (C=O) groups is 1. The summed E-state index contributed by atoms with van der Waals surface area (Å²) in [4.78, 5) is 25.5. The fourth-order valence-corrected chi connectivity index (χ4v) is 7.40. The van der Waals surface area contributed by atoms with Crippen LogP contribution in [0.1, 0.15) is 81.8 Å². The summed E-state index contributed by atoms with van der Waals surface area (Å²) in [5.74, 6) is 2.22. The molecule has 1 atom stereocenters. The van der Waals surface area contributed by atoms with E-state index in [4.69, 9.17) is 18.7 Å². The van der Waals surface area contributed by atoms with Gasteiger partial charge in [0.05, 0.1) is 12.5 Å². The summed E-state index contributed by atoms with van der Waals surface area (Å²) in [6.45, 7) is 1.84. The van der Waals surface area contributed by atoms with Gasteiger partial charge in [-0.1, -0.05) is 11.2 Å². The third-order valence-corrected chi connectivity index (χ3v) is 10.3. The molecule has 1 aliphatic heterocycles. The Hall–Kier alpha value is -3.59. The Morgan fingerprint density at radius 1 is 1.00 bits per heavy atom. The number of amides is 1. The van der Waals surface area contributed by atoms with Crippen LogP contribution >= 0.6 is 0 Å². The van der Waals surface area contributed by atoms with Crippen molar-refractivity contribution >= 4 is 22.7 Å². The summed E-state index contributed by atoms with van der Waals surface area (Å²) in [5, 5.41) is 4.31. The van der Waals surface area contributed by atoms with Gasteiger partial charge in [0.1, 0.15) is 11.3 Å². The van der Waals surface area contributed by atoms with Gasteiger partial charge in [0.25, 0.3) is 0 Å². The summed E-state index contributed by atoms with van der Waals surface area (Å²) in [6, 6.07) is 12.2. The molecule has 0 N–H and O–H groups in total. The van der Waals surface area contributed by atoms with Gasteiger partial charge in [0.2, 0.25) is 17.7 Å². The van der Waals surface area contributed by atoms with Crippen molar-refractivity contribution in [2.24, 2.45) is 11.3 Å². The van der Waals surface area contributed by atoms with Gasteiger partial charge >= 0.3 is 0 Å². The molecule has 4 saturated carbocycles. The van der Waals surface area contributed by atoms with E-state index < -0.39 is 0 Å². The smallest absolute Gasteiger partial charge is 0.232 e. The third-order valence-electron chi connectivity index (χ3n) is 10.3. The Labute approximate surface area is 243 Å². The number of benzene rings is 2. The number of halogens is 1. The number of fused-ring (bicyclic) bond motifs is 4. The van der Waals surface area contributed by atoms with E-state index in [1.165, 1.54) is 12.1 Å². The molecule has 4 aliphatic carbocycles. The van der Waals surface area contributed by atoms with Crippen molar-refractivity contribution in [3.8, 4) is 11.5 Å². The lowest BCUT2D eigenvalue weighted by Gasteiger charge is -2.53. The van der Waals surface area contributed by atoms with Crippen molar-refractivity contribution in [3.05, 3.63) is 60.0 Å². The van der Waals surface area contributed by atoms with Crippen LogP contribution in [0.25, 0.3) is 22.6 Å². The monoisotopic (exact) mass is 570 g/mol. The first-order chi connectivity index (χ1) is 20.5. The molecule has 2 bridgehead atoms. The summed E-state index contributed by atoms with van der Waals surface area (Å²) in [7, 11) is 0. The molecule has 2 aromatic carbocycles. The largest absolute Gasteiger partial charge is 0.436 e. The van der Waals surface area contributed by atoms with Gasteiger partial charge in [-0.05, 0) is 100.0 Å². The van der Waals surface area contributed by atoms with Crippen molar-refractivity contribution in [2.75, 3.05) is 24.7 Å². The summed E-state index contributed by atoms with van der Waals surface area (Å²) >= 11 is 0. The average molecular weight is 571 g/mol. The number of carbonyl (C=O) groups excluding carboxylic acids is 1. The molecule has 8 nitrogen and oxygen atoms in total. The predicted molar refractivity (Wildman–Crippen MR) is 153 cm³/mol. The first-order valence-corrected chi connectivity index (χ1v) is 15.4. The van der Waals surface area contributed by atoms with Crippen molar-refractivity contribution in [1.82, 2.24) is 15.1 Å². The van der Waals surface area contributed by atoms with Crippen molar-refractivity contribution in [2.45, 2.75) is 75.5 Å². The quantitative estimate of drug-likeness (QED) is 0.237. The maximum atomic E-state index is 14.2. The number of hydrogen-bond donors (Lipinski definition) is 0. The Morgan fingerprint density at radius 2 is 1.83 bits per heavy atom. The average Bonchev–Trinajstić information content (AvgIpc) is 3.60. The Bertz CT molecular complexity index is 1610. The maximum Gasteiger partial charge on any atom is 0.232 e. The van der Waals surface area contributed by atoms with Crippen molar-refractivity contribution in [1.29, 1.82) is 0 Å². The summed E-state index contributed by atoms with van der Waals surface area (Å²) in [5.41, 5.74) is 2.60. The van der Waals surface area contributed by atoms with E-state index in [0.717, 1.165) is 87.2 Å². The SMILES string of the molecule is O=C(C1CCCOC1)N(CC12CCC(c3nc(C4CC4)no3)(CC1)CC2)c1cccc(-c2nc3cc(F)ccc3o2)c1.